The summed E-state index contributed by atoms with van der Waals surface area (Å²) in [6.45, 7) is 8.14. The number of rotatable bonds is 10. The molecule has 2 aromatic carbocycles. The van der Waals surface area contributed by atoms with E-state index in [0.29, 0.717) is 12.5 Å². The van der Waals surface area contributed by atoms with Gasteiger partial charge in [-0.25, -0.2) is 4.99 Å². The Morgan fingerprint density at radius 1 is 1.13 bits per heavy atom. The summed E-state index contributed by atoms with van der Waals surface area (Å²) in [5.74, 6) is 3.32. The lowest BCUT2D eigenvalue weighted by Gasteiger charge is -2.14. The predicted molar refractivity (Wildman–Crippen MR) is 128 cm³/mol. The molecule has 8 heteroatoms. The van der Waals surface area contributed by atoms with Crippen molar-refractivity contribution in [1.82, 2.24) is 20.1 Å². The third kappa shape index (κ3) is 7.64. The Labute approximate surface area is 188 Å². The normalized spacial score (nSPS) is 11.5. The summed E-state index contributed by atoms with van der Waals surface area (Å²) >= 11 is 1.81. The fourth-order valence-corrected chi connectivity index (χ4v) is 3.63. The molecule has 0 fully saturated rings. The van der Waals surface area contributed by atoms with Crippen LogP contribution < -0.4 is 15.4 Å². The number of benzene rings is 2. The molecule has 31 heavy (non-hydrogen) atoms. The number of aliphatic imine (C=N–C) groups is 1. The highest BCUT2D eigenvalue weighted by Crippen LogP contribution is 2.17. The van der Waals surface area contributed by atoms with Crippen LogP contribution in [-0.4, -0.2) is 39.1 Å². The highest BCUT2D eigenvalue weighted by atomic mass is 32.2. The van der Waals surface area contributed by atoms with Crippen LogP contribution in [0, 0.1) is 0 Å². The van der Waals surface area contributed by atoms with Crippen LogP contribution >= 0.6 is 11.8 Å². The topological polar surface area (TPSA) is 76.4 Å². The first-order chi connectivity index (χ1) is 15.1. The number of hydrogen-bond donors (Lipinski definition) is 2. The van der Waals surface area contributed by atoms with Gasteiger partial charge < -0.3 is 19.9 Å². The maximum absolute atomic E-state index is 5.72. The maximum atomic E-state index is 5.72. The molecule has 0 unspecified atom stereocenters. The number of hydrogen-bond acceptors (Lipinski definition) is 5. The molecule has 1 heterocycles. The van der Waals surface area contributed by atoms with Crippen molar-refractivity contribution in [2.75, 3.05) is 17.6 Å². The van der Waals surface area contributed by atoms with Gasteiger partial charge in [-0.2, -0.15) is 0 Å². The van der Waals surface area contributed by atoms with Gasteiger partial charge >= 0.3 is 0 Å². The average Bonchev–Trinajstić information content (AvgIpc) is 3.24. The molecule has 0 aliphatic carbocycles. The van der Waals surface area contributed by atoms with Crippen LogP contribution in [0.3, 0.4) is 0 Å². The lowest BCUT2D eigenvalue weighted by atomic mass is 10.3. The Balaban J connectivity index is 1.62. The summed E-state index contributed by atoms with van der Waals surface area (Å²) in [6, 6.07) is 18.3. The molecule has 3 aromatic rings. The van der Waals surface area contributed by atoms with Crippen LogP contribution in [0.5, 0.6) is 5.75 Å². The number of thioether (sulfide) groups is 1. The van der Waals surface area contributed by atoms with Gasteiger partial charge in [0, 0.05) is 29.4 Å². The van der Waals surface area contributed by atoms with E-state index in [1.165, 1.54) is 4.90 Å². The van der Waals surface area contributed by atoms with E-state index in [9.17, 15) is 0 Å². The van der Waals surface area contributed by atoms with E-state index in [0.717, 1.165) is 36.1 Å². The number of aryl methyl sites for hydroxylation is 1. The molecular weight excluding hydrogens is 408 g/mol. The number of nitrogens with one attached hydrogen (secondary N) is 2. The van der Waals surface area contributed by atoms with Crippen molar-refractivity contribution in [3.63, 3.8) is 0 Å². The van der Waals surface area contributed by atoms with Crippen molar-refractivity contribution >= 4 is 23.4 Å². The van der Waals surface area contributed by atoms with Gasteiger partial charge in [-0.3, -0.25) is 0 Å². The Bertz CT molecular complexity index is 940. The van der Waals surface area contributed by atoms with Crippen molar-refractivity contribution in [1.29, 1.82) is 0 Å². The zero-order valence-electron chi connectivity index (χ0n) is 18.3. The van der Waals surface area contributed by atoms with Crippen LogP contribution in [0.15, 0.2) is 70.8 Å². The van der Waals surface area contributed by atoms with E-state index in [1.807, 2.05) is 60.5 Å². The molecular formula is C23H30N6OS. The second kappa shape index (κ2) is 12.0. The van der Waals surface area contributed by atoms with Gasteiger partial charge in [-0.15, -0.1) is 22.0 Å². The van der Waals surface area contributed by atoms with Gasteiger partial charge in [0.05, 0.1) is 6.10 Å². The summed E-state index contributed by atoms with van der Waals surface area (Å²) < 4.78 is 7.71. The molecule has 0 spiro atoms. The molecule has 0 amide bonds. The van der Waals surface area contributed by atoms with Gasteiger partial charge in [0.25, 0.3) is 0 Å². The summed E-state index contributed by atoms with van der Waals surface area (Å²) in [6.07, 6.45) is 1.88. The second-order valence-electron chi connectivity index (χ2n) is 7.10. The third-order valence-electron chi connectivity index (χ3n) is 4.31. The number of nitrogens with zero attached hydrogens (tertiary/aromatic N) is 4. The molecule has 0 radical (unpaired) electrons. The quantitative estimate of drug-likeness (QED) is 0.211. The minimum absolute atomic E-state index is 0.149. The minimum atomic E-state index is 0.149. The van der Waals surface area contributed by atoms with Crippen molar-refractivity contribution in [2.24, 2.45) is 4.99 Å². The highest BCUT2D eigenvalue weighted by molar-refractivity contribution is 7.99. The molecule has 0 bridgehead atoms. The van der Waals surface area contributed by atoms with E-state index in [4.69, 9.17) is 9.73 Å². The van der Waals surface area contributed by atoms with Gasteiger partial charge in [0.15, 0.2) is 11.8 Å². The van der Waals surface area contributed by atoms with Gasteiger partial charge in [-0.1, -0.05) is 18.2 Å². The van der Waals surface area contributed by atoms with Crippen molar-refractivity contribution in [3.05, 3.63) is 66.7 Å². The van der Waals surface area contributed by atoms with Crippen LogP contribution in [0.2, 0.25) is 0 Å². The Hall–Kier alpha value is -3.00. The monoisotopic (exact) mass is 438 g/mol. The van der Waals surface area contributed by atoms with Crippen LogP contribution in [-0.2, 0) is 13.1 Å². The number of guanidine groups is 1. The third-order valence-corrected chi connectivity index (χ3v) is 5.32. The standard InChI is InChI=1S/C23H30N6OS/c1-4-29-17-26-28-22(29)16-25-23(24-14-15-31-21-8-6-5-7-9-21)27-19-10-12-20(13-11-19)30-18(2)3/h5-13,17-18H,4,14-16H2,1-3H3,(H2,24,25,27). The zero-order chi connectivity index (χ0) is 21.9. The number of ether oxygens (including phenoxy) is 1. The second-order valence-corrected chi connectivity index (χ2v) is 8.27. The first kappa shape index (κ1) is 22.7. The predicted octanol–water partition coefficient (Wildman–Crippen LogP) is 4.44. The highest BCUT2D eigenvalue weighted by Gasteiger charge is 2.05. The molecule has 1 aromatic heterocycles. The molecule has 3 rings (SSSR count). The molecule has 0 aliphatic heterocycles. The average molecular weight is 439 g/mol. The molecule has 164 valence electrons. The summed E-state index contributed by atoms with van der Waals surface area (Å²) in [7, 11) is 0. The summed E-state index contributed by atoms with van der Waals surface area (Å²) in [5.41, 5.74) is 0.940. The first-order valence-corrected chi connectivity index (χ1v) is 11.5. The molecule has 2 N–H and O–H groups in total. The van der Waals surface area contributed by atoms with Gasteiger partial charge in [0.1, 0.15) is 18.6 Å². The number of aromatic nitrogens is 3. The van der Waals surface area contributed by atoms with Crippen LogP contribution in [0.25, 0.3) is 0 Å². The maximum Gasteiger partial charge on any atom is 0.196 e. The van der Waals surface area contributed by atoms with E-state index < -0.39 is 0 Å². The van der Waals surface area contributed by atoms with Gasteiger partial charge in [0.2, 0.25) is 0 Å². The lowest BCUT2D eigenvalue weighted by molar-refractivity contribution is 0.242. The smallest absolute Gasteiger partial charge is 0.196 e. The Kier molecular flexibility index (Phi) is 8.78. The van der Waals surface area contributed by atoms with Crippen LogP contribution in [0.4, 0.5) is 5.69 Å². The first-order valence-electron chi connectivity index (χ1n) is 10.5. The van der Waals surface area contributed by atoms with Crippen molar-refractivity contribution in [3.8, 4) is 5.75 Å². The minimum Gasteiger partial charge on any atom is -0.491 e. The number of anilines is 1. The molecule has 0 saturated carbocycles. The van der Waals surface area contributed by atoms with E-state index in [2.05, 4.69) is 52.0 Å². The summed E-state index contributed by atoms with van der Waals surface area (Å²) in [5, 5.41) is 14.9. The van der Waals surface area contributed by atoms with Crippen molar-refractivity contribution in [2.45, 2.75) is 44.9 Å². The molecule has 0 atom stereocenters. The van der Waals surface area contributed by atoms with Gasteiger partial charge in [-0.05, 0) is 57.2 Å². The van der Waals surface area contributed by atoms with E-state index in [-0.39, 0.29) is 6.10 Å². The van der Waals surface area contributed by atoms with E-state index >= 15 is 0 Å². The lowest BCUT2D eigenvalue weighted by Crippen LogP contribution is -2.32. The Morgan fingerprint density at radius 2 is 1.90 bits per heavy atom. The molecule has 7 nitrogen and oxygen atoms in total. The summed E-state index contributed by atoms with van der Waals surface area (Å²) in [4.78, 5) is 5.97. The zero-order valence-corrected chi connectivity index (χ0v) is 19.1. The fraction of sp³-hybridized carbons (Fsp3) is 0.348. The van der Waals surface area contributed by atoms with E-state index in [1.54, 1.807) is 6.33 Å². The fourth-order valence-electron chi connectivity index (χ4n) is 2.84. The molecule has 0 saturated heterocycles. The van der Waals surface area contributed by atoms with Crippen LogP contribution in [0.1, 0.15) is 26.6 Å². The Morgan fingerprint density at radius 3 is 2.61 bits per heavy atom. The van der Waals surface area contributed by atoms with Crippen molar-refractivity contribution < 1.29 is 4.74 Å². The largest absolute Gasteiger partial charge is 0.491 e. The molecule has 0 aliphatic rings. The SMILES string of the molecule is CCn1cnnc1CN=C(NCCSc1ccccc1)Nc1ccc(OC(C)C)cc1.